The number of carboxylic acids is 1. The summed E-state index contributed by atoms with van der Waals surface area (Å²) in [4.78, 5) is 28.2. The molecule has 0 atom stereocenters. The molecule has 0 saturated carbocycles. The number of rotatable bonds is 6. The van der Waals surface area contributed by atoms with Gasteiger partial charge < -0.3 is 24.2 Å². The molecular weight excluding hydrogens is 490 g/mol. The minimum atomic E-state index is -5.08. The molecule has 0 fully saturated rings. The minimum absolute atomic E-state index is 0.336. The number of aromatic nitrogens is 4. The molecule has 0 bridgehead atoms. The molecule has 0 radical (unpaired) electrons. The summed E-state index contributed by atoms with van der Waals surface area (Å²) in [5.74, 6) is -1.44. The van der Waals surface area contributed by atoms with Gasteiger partial charge in [-0.25, -0.2) is 24.1 Å². The molecule has 10 nitrogen and oxygen atoms in total. The Kier molecular flexibility index (Phi) is 8.89. The second-order valence-electron chi connectivity index (χ2n) is 7.11. The molecule has 36 heavy (non-hydrogen) atoms. The summed E-state index contributed by atoms with van der Waals surface area (Å²) < 4.78 is 61.7. The fourth-order valence-electron chi connectivity index (χ4n) is 2.92. The van der Waals surface area contributed by atoms with E-state index in [-0.39, 0.29) is 0 Å². The molecule has 1 aliphatic heterocycles. The van der Waals surface area contributed by atoms with E-state index in [1.54, 1.807) is 7.11 Å². The predicted molar refractivity (Wildman–Crippen MR) is 117 cm³/mol. The summed E-state index contributed by atoms with van der Waals surface area (Å²) >= 11 is 0. The zero-order valence-corrected chi connectivity index (χ0v) is 18.9. The summed E-state index contributed by atoms with van der Waals surface area (Å²) in [6, 6.07) is 9.63. The quantitative estimate of drug-likeness (QED) is 0.390. The van der Waals surface area contributed by atoms with Crippen molar-refractivity contribution >= 4 is 11.9 Å². The lowest BCUT2D eigenvalue weighted by Crippen LogP contribution is -2.27. The van der Waals surface area contributed by atoms with Gasteiger partial charge in [-0.15, -0.1) is 0 Å². The number of alkyl halides is 3. The van der Waals surface area contributed by atoms with E-state index in [0.717, 1.165) is 18.0 Å². The fourth-order valence-corrected chi connectivity index (χ4v) is 2.92. The van der Waals surface area contributed by atoms with Crippen molar-refractivity contribution in [2.75, 3.05) is 38.4 Å². The third-order valence-corrected chi connectivity index (χ3v) is 4.54. The lowest BCUT2D eigenvalue weighted by atomic mass is 10.2. The summed E-state index contributed by atoms with van der Waals surface area (Å²) in [5.41, 5.74) is 1.51. The zero-order chi connectivity index (χ0) is 26.1. The molecule has 0 spiro atoms. The Bertz CT molecular complexity index is 1150. The minimum Gasteiger partial charge on any atom is -0.485 e. The third kappa shape index (κ3) is 7.21. The fraction of sp³-hybridized carbons (Fsp3) is 0.318. The van der Waals surface area contributed by atoms with Gasteiger partial charge in [-0.2, -0.15) is 18.2 Å². The number of halogens is 4. The highest BCUT2D eigenvalue weighted by Gasteiger charge is 2.38. The van der Waals surface area contributed by atoms with E-state index in [1.807, 2.05) is 35.2 Å². The number of benzene rings is 1. The standard InChI is InChI=1S/C20H20FN5O3.C2HF3O2/c1-27-9-10-29-19-17-16(24-18(25-19)14-5-3-2-4-6-14)13-26(7-8-28-17)20-22-11-15(21)12-23-20;3-2(4,5)1(6)7/h2-6,11-12H,7-10,13H2,1H3;(H,6,7). The number of methoxy groups -OCH3 is 1. The monoisotopic (exact) mass is 511 g/mol. The Hall–Kier alpha value is -4.07. The van der Waals surface area contributed by atoms with E-state index in [2.05, 4.69) is 15.0 Å². The average Bonchev–Trinajstić information content (AvgIpc) is 3.08. The summed E-state index contributed by atoms with van der Waals surface area (Å²) in [7, 11) is 1.61. The van der Waals surface area contributed by atoms with Crippen molar-refractivity contribution in [3.63, 3.8) is 0 Å². The molecule has 1 aromatic carbocycles. The van der Waals surface area contributed by atoms with E-state index in [9.17, 15) is 17.6 Å². The Labute approximate surface area is 202 Å². The number of hydrogen-bond acceptors (Lipinski definition) is 9. The maximum atomic E-state index is 13.2. The largest absolute Gasteiger partial charge is 0.490 e. The van der Waals surface area contributed by atoms with E-state index in [1.165, 1.54) is 0 Å². The van der Waals surface area contributed by atoms with Crippen molar-refractivity contribution < 1.29 is 41.7 Å². The Morgan fingerprint density at radius 2 is 1.81 bits per heavy atom. The number of ether oxygens (including phenoxy) is 3. The van der Waals surface area contributed by atoms with Crippen molar-refractivity contribution in [3.05, 3.63) is 54.2 Å². The Morgan fingerprint density at radius 3 is 2.42 bits per heavy atom. The van der Waals surface area contributed by atoms with E-state index < -0.39 is 18.0 Å². The van der Waals surface area contributed by atoms with Crippen molar-refractivity contribution in [1.29, 1.82) is 0 Å². The second kappa shape index (κ2) is 12.1. The third-order valence-electron chi connectivity index (χ3n) is 4.54. The van der Waals surface area contributed by atoms with Crippen LogP contribution in [0.3, 0.4) is 0 Å². The summed E-state index contributed by atoms with van der Waals surface area (Å²) in [6.45, 7) is 2.02. The lowest BCUT2D eigenvalue weighted by molar-refractivity contribution is -0.192. The average molecular weight is 511 g/mol. The zero-order valence-electron chi connectivity index (χ0n) is 18.9. The molecule has 192 valence electrons. The first-order valence-corrected chi connectivity index (χ1v) is 10.4. The van der Waals surface area contributed by atoms with E-state index in [4.69, 9.17) is 29.1 Å². The number of carboxylic acid groups (broad SMARTS) is 1. The highest BCUT2D eigenvalue weighted by molar-refractivity contribution is 5.73. The normalized spacial score (nSPS) is 13.0. The van der Waals surface area contributed by atoms with Crippen LogP contribution in [0.25, 0.3) is 11.4 Å². The second-order valence-corrected chi connectivity index (χ2v) is 7.11. The SMILES string of the molecule is COCCOc1nc(-c2ccccc2)nc2c1OCCN(c1ncc(F)cn1)C2.O=C(O)C(F)(F)F. The highest BCUT2D eigenvalue weighted by atomic mass is 19.4. The van der Waals surface area contributed by atoms with Crippen LogP contribution < -0.4 is 14.4 Å². The van der Waals surface area contributed by atoms with Gasteiger partial charge in [0.05, 0.1) is 32.1 Å². The van der Waals surface area contributed by atoms with Gasteiger partial charge in [0, 0.05) is 12.7 Å². The van der Waals surface area contributed by atoms with Gasteiger partial charge in [-0.05, 0) is 0 Å². The Morgan fingerprint density at radius 1 is 1.14 bits per heavy atom. The van der Waals surface area contributed by atoms with Crippen molar-refractivity contribution in [1.82, 2.24) is 19.9 Å². The van der Waals surface area contributed by atoms with Crippen molar-refractivity contribution in [2.24, 2.45) is 0 Å². The smallest absolute Gasteiger partial charge is 0.485 e. The first-order chi connectivity index (χ1) is 17.2. The number of aliphatic carboxylic acids is 1. The van der Waals surface area contributed by atoms with Gasteiger partial charge in [0.1, 0.15) is 18.9 Å². The summed E-state index contributed by atoms with van der Waals surface area (Å²) in [6.07, 6.45) is -2.80. The molecule has 2 aromatic heterocycles. The molecule has 3 heterocycles. The van der Waals surface area contributed by atoms with E-state index >= 15 is 0 Å². The van der Waals surface area contributed by atoms with Crippen LogP contribution in [0.15, 0.2) is 42.7 Å². The van der Waals surface area contributed by atoms with Gasteiger partial charge >= 0.3 is 12.1 Å². The number of carbonyl (C=O) groups is 1. The van der Waals surface area contributed by atoms with Gasteiger partial charge in [0.2, 0.25) is 11.7 Å². The van der Waals surface area contributed by atoms with Crippen LogP contribution in [0.5, 0.6) is 11.6 Å². The molecule has 0 unspecified atom stereocenters. The maximum Gasteiger partial charge on any atom is 0.490 e. The highest BCUT2D eigenvalue weighted by Crippen LogP contribution is 2.34. The van der Waals surface area contributed by atoms with Crippen LogP contribution in [0, 0.1) is 5.82 Å². The topological polar surface area (TPSA) is 120 Å². The van der Waals surface area contributed by atoms with Crippen molar-refractivity contribution in [3.8, 4) is 23.0 Å². The summed E-state index contributed by atoms with van der Waals surface area (Å²) in [5, 5.41) is 7.12. The number of nitrogens with zero attached hydrogens (tertiary/aromatic N) is 5. The molecule has 14 heteroatoms. The predicted octanol–water partition coefficient (Wildman–Crippen LogP) is 3.13. The van der Waals surface area contributed by atoms with E-state index in [0.29, 0.717) is 62.0 Å². The molecule has 0 saturated heterocycles. The molecular formula is C22H21F4N5O5. The number of fused-ring (bicyclic) bond motifs is 1. The van der Waals surface area contributed by atoms with Gasteiger partial charge in [-0.1, -0.05) is 30.3 Å². The van der Waals surface area contributed by atoms with Crippen LogP contribution in [-0.2, 0) is 16.1 Å². The van der Waals surface area contributed by atoms with Crippen LogP contribution in [0.2, 0.25) is 0 Å². The maximum absolute atomic E-state index is 13.2. The van der Waals surface area contributed by atoms with Crippen LogP contribution in [0.4, 0.5) is 23.5 Å². The molecule has 1 aliphatic rings. The molecule has 4 rings (SSSR count). The van der Waals surface area contributed by atoms with Crippen molar-refractivity contribution in [2.45, 2.75) is 12.7 Å². The lowest BCUT2D eigenvalue weighted by Gasteiger charge is -2.19. The van der Waals surface area contributed by atoms with Crippen LogP contribution >= 0.6 is 0 Å². The molecule has 0 amide bonds. The van der Waals surface area contributed by atoms with Crippen LogP contribution in [0.1, 0.15) is 5.69 Å². The number of hydrogen-bond donors (Lipinski definition) is 1. The van der Waals surface area contributed by atoms with Gasteiger partial charge in [-0.3, -0.25) is 0 Å². The first-order valence-electron chi connectivity index (χ1n) is 10.4. The van der Waals surface area contributed by atoms with Gasteiger partial charge in [0.15, 0.2) is 11.6 Å². The molecule has 1 N–H and O–H groups in total. The van der Waals surface area contributed by atoms with Crippen LogP contribution in [-0.4, -0.2) is 70.7 Å². The van der Waals surface area contributed by atoms with Gasteiger partial charge in [0.25, 0.3) is 5.88 Å². The first kappa shape index (κ1) is 26.5. The number of anilines is 1. The Balaban J connectivity index is 0.000000454. The molecule has 3 aromatic rings. The molecule has 0 aliphatic carbocycles.